The summed E-state index contributed by atoms with van der Waals surface area (Å²) in [5, 5.41) is 20.1. The number of benzene rings is 2. The molecule has 202 valence electrons. The van der Waals surface area contributed by atoms with Gasteiger partial charge in [-0.25, -0.2) is 4.79 Å². The maximum absolute atomic E-state index is 14.4. The van der Waals surface area contributed by atoms with Crippen LogP contribution in [0.5, 0.6) is 5.75 Å². The molecular weight excluding hydrogens is 529 g/mol. The van der Waals surface area contributed by atoms with Gasteiger partial charge >= 0.3 is 5.97 Å². The fourth-order valence-electron chi connectivity index (χ4n) is 6.79. The van der Waals surface area contributed by atoms with Crippen LogP contribution in [0, 0.1) is 0 Å². The molecule has 0 aromatic heterocycles. The number of halogens is 2. The summed E-state index contributed by atoms with van der Waals surface area (Å²) in [5.41, 5.74) is -1.67. The Morgan fingerprint density at radius 3 is 2.39 bits per heavy atom. The van der Waals surface area contributed by atoms with Crippen molar-refractivity contribution in [2.75, 3.05) is 12.4 Å². The molecule has 2 aromatic carbocycles. The average Bonchev–Trinajstić information content (AvgIpc) is 3.32. The predicted molar refractivity (Wildman–Crippen MR) is 145 cm³/mol. The number of fused-ring (bicyclic) bond motifs is 3. The highest BCUT2D eigenvalue weighted by molar-refractivity contribution is 6.31. The van der Waals surface area contributed by atoms with Crippen LogP contribution < -0.4 is 20.7 Å². The van der Waals surface area contributed by atoms with Gasteiger partial charge in [0, 0.05) is 39.8 Å². The third kappa shape index (κ3) is 3.88. The first-order chi connectivity index (χ1) is 18.0. The van der Waals surface area contributed by atoms with E-state index in [0.717, 1.165) is 24.8 Å². The number of carbonyl (C=O) groups is 3. The van der Waals surface area contributed by atoms with Gasteiger partial charge in [0.15, 0.2) is 5.60 Å². The number of nitrogens with one attached hydrogen (secondary N) is 3. The van der Waals surface area contributed by atoms with Crippen molar-refractivity contribution in [3.8, 4) is 5.75 Å². The van der Waals surface area contributed by atoms with Gasteiger partial charge in [0.1, 0.15) is 11.2 Å². The van der Waals surface area contributed by atoms with Gasteiger partial charge in [-0.3, -0.25) is 14.9 Å². The molecular formula is C28H31Cl2N3O5. The molecule has 10 heteroatoms. The van der Waals surface area contributed by atoms with Crippen molar-refractivity contribution in [3.05, 3.63) is 57.6 Å². The van der Waals surface area contributed by atoms with Crippen LogP contribution in [0.3, 0.4) is 0 Å². The number of carboxylic acid groups (broad SMARTS) is 1. The Hall–Kier alpha value is -2.81. The summed E-state index contributed by atoms with van der Waals surface area (Å²) in [6.45, 7) is 2.91. The zero-order valence-corrected chi connectivity index (χ0v) is 23.0. The molecule has 0 radical (unpaired) electrons. The molecule has 1 aliphatic carbocycles. The van der Waals surface area contributed by atoms with E-state index in [4.69, 9.17) is 27.9 Å². The molecule has 2 spiro atoms. The Kier molecular flexibility index (Phi) is 6.65. The third-order valence-electron chi connectivity index (χ3n) is 8.42. The van der Waals surface area contributed by atoms with E-state index in [9.17, 15) is 19.5 Å². The van der Waals surface area contributed by atoms with Crippen LogP contribution in [0.1, 0.15) is 63.0 Å². The molecule has 5 rings (SSSR count). The molecule has 38 heavy (non-hydrogen) atoms. The fourth-order valence-corrected chi connectivity index (χ4v) is 7.14. The van der Waals surface area contributed by atoms with Crippen molar-refractivity contribution in [1.82, 2.24) is 10.6 Å². The summed E-state index contributed by atoms with van der Waals surface area (Å²) >= 11 is 12.8. The second-order valence-corrected chi connectivity index (χ2v) is 11.8. The molecule has 1 saturated carbocycles. The van der Waals surface area contributed by atoms with Crippen molar-refractivity contribution in [3.63, 3.8) is 0 Å². The Bertz CT molecular complexity index is 1320. The molecule has 2 aromatic rings. The molecule has 3 aliphatic rings. The van der Waals surface area contributed by atoms with E-state index < -0.39 is 34.5 Å². The van der Waals surface area contributed by atoms with E-state index in [0.29, 0.717) is 34.1 Å². The van der Waals surface area contributed by atoms with Gasteiger partial charge in [-0.15, -0.1) is 0 Å². The minimum absolute atomic E-state index is 0.232. The summed E-state index contributed by atoms with van der Waals surface area (Å²) in [6.07, 6.45) is 4.18. The normalized spacial score (nSPS) is 25.8. The summed E-state index contributed by atoms with van der Waals surface area (Å²) in [6, 6.07) is 9.43. The van der Waals surface area contributed by atoms with Gasteiger partial charge < -0.3 is 20.5 Å². The van der Waals surface area contributed by atoms with Crippen LogP contribution >= 0.6 is 23.2 Å². The molecule has 1 unspecified atom stereocenters. The lowest BCUT2D eigenvalue weighted by Gasteiger charge is -2.47. The van der Waals surface area contributed by atoms with Gasteiger partial charge in [-0.05, 0) is 62.6 Å². The molecule has 0 bridgehead atoms. The maximum Gasteiger partial charge on any atom is 0.347 e. The van der Waals surface area contributed by atoms with E-state index in [1.54, 1.807) is 37.4 Å². The second-order valence-electron chi connectivity index (χ2n) is 10.9. The van der Waals surface area contributed by atoms with Crippen molar-refractivity contribution < 1.29 is 24.2 Å². The lowest BCUT2D eigenvalue weighted by molar-refractivity contribution is -0.152. The van der Waals surface area contributed by atoms with Crippen LogP contribution in [-0.4, -0.2) is 47.1 Å². The number of carbonyl (C=O) groups excluding carboxylic acids is 2. The Morgan fingerprint density at radius 1 is 1.08 bits per heavy atom. The van der Waals surface area contributed by atoms with Crippen LogP contribution in [0.25, 0.3) is 0 Å². The van der Waals surface area contributed by atoms with Crippen LogP contribution in [0.4, 0.5) is 5.69 Å². The Labute approximate surface area is 231 Å². The van der Waals surface area contributed by atoms with E-state index >= 15 is 0 Å². The number of anilines is 1. The molecule has 2 aliphatic heterocycles. The van der Waals surface area contributed by atoms with Crippen molar-refractivity contribution in [2.45, 2.75) is 74.5 Å². The van der Waals surface area contributed by atoms with Crippen LogP contribution in [-0.2, 0) is 19.8 Å². The zero-order valence-electron chi connectivity index (χ0n) is 21.5. The number of amides is 2. The van der Waals surface area contributed by atoms with Crippen LogP contribution in [0.2, 0.25) is 10.0 Å². The SMILES string of the molecule is CNC(=O)[C@@H]1NC2(CCCCC2)C2(C(=O)Nc3cc(Cl)ccc32)[C@H]1c1cc(Cl)ccc1OC(C)(C)C(=O)O. The highest BCUT2D eigenvalue weighted by Crippen LogP contribution is 2.63. The Morgan fingerprint density at radius 2 is 1.74 bits per heavy atom. The number of likely N-dealkylation sites (N-methyl/N-ethyl adjacent to an activating group) is 1. The van der Waals surface area contributed by atoms with E-state index in [2.05, 4.69) is 16.0 Å². The first kappa shape index (κ1) is 26.8. The molecule has 2 fully saturated rings. The van der Waals surface area contributed by atoms with Crippen molar-refractivity contribution in [2.24, 2.45) is 0 Å². The van der Waals surface area contributed by atoms with Gasteiger partial charge in [0.05, 0.1) is 6.04 Å². The van der Waals surface area contributed by atoms with Crippen LogP contribution in [0.15, 0.2) is 36.4 Å². The molecule has 2 heterocycles. The third-order valence-corrected chi connectivity index (χ3v) is 8.89. The fraction of sp³-hybridized carbons (Fsp3) is 0.464. The summed E-state index contributed by atoms with van der Waals surface area (Å²) in [4.78, 5) is 39.9. The zero-order chi connectivity index (χ0) is 27.5. The number of hydrogen-bond acceptors (Lipinski definition) is 5. The molecule has 3 atom stereocenters. The quantitative estimate of drug-likeness (QED) is 0.424. The maximum atomic E-state index is 14.4. The first-order valence-corrected chi connectivity index (χ1v) is 13.5. The molecule has 1 saturated heterocycles. The standard InChI is InChI=1S/C28H31Cl2N3O5/c1-26(2,25(36)37)38-20-10-8-15(29)13-17(20)21-22(23(34)31-3)33-27(11-5-4-6-12-27)28(21)18-9-7-16(30)14-19(18)32-24(28)35/h7-10,13-14,21-22,33H,4-6,11-12H2,1-3H3,(H,31,34)(H,32,35)(H,36,37)/t21-,22+,28?/m0/s1. The highest BCUT2D eigenvalue weighted by Gasteiger charge is 2.72. The minimum atomic E-state index is -1.57. The molecule has 4 N–H and O–H groups in total. The largest absolute Gasteiger partial charge is 0.478 e. The summed E-state index contributed by atoms with van der Waals surface area (Å²) < 4.78 is 6.07. The van der Waals surface area contributed by atoms with Crippen molar-refractivity contribution in [1.29, 1.82) is 0 Å². The lowest BCUT2D eigenvalue weighted by Crippen LogP contribution is -2.60. The second kappa shape index (κ2) is 9.43. The molecule has 8 nitrogen and oxygen atoms in total. The number of rotatable bonds is 5. The topological polar surface area (TPSA) is 117 Å². The number of aliphatic carboxylic acids is 1. The lowest BCUT2D eigenvalue weighted by atomic mass is 9.55. The van der Waals surface area contributed by atoms with Crippen molar-refractivity contribution >= 4 is 46.7 Å². The number of hydrogen-bond donors (Lipinski definition) is 4. The molecule has 2 amide bonds. The first-order valence-electron chi connectivity index (χ1n) is 12.8. The van der Waals surface area contributed by atoms with E-state index in [-0.39, 0.29) is 17.6 Å². The van der Waals surface area contributed by atoms with E-state index in [1.165, 1.54) is 13.8 Å². The predicted octanol–water partition coefficient (Wildman–Crippen LogP) is 4.63. The smallest absolute Gasteiger partial charge is 0.347 e. The Balaban J connectivity index is 1.83. The highest BCUT2D eigenvalue weighted by atomic mass is 35.5. The van der Waals surface area contributed by atoms with Gasteiger partial charge in [0.2, 0.25) is 11.8 Å². The number of ether oxygens (including phenoxy) is 1. The van der Waals surface area contributed by atoms with Gasteiger partial charge in [0.25, 0.3) is 0 Å². The summed E-state index contributed by atoms with van der Waals surface area (Å²) in [5.74, 6) is -2.17. The summed E-state index contributed by atoms with van der Waals surface area (Å²) in [7, 11) is 1.56. The minimum Gasteiger partial charge on any atom is -0.478 e. The number of carboxylic acids is 1. The average molecular weight is 560 g/mol. The van der Waals surface area contributed by atoms with E-state index in [1.807, 2.05) is 6.07 Å². The van der Waals surface area contributed by atoms with Gasteiger partial charge in [-0.2, -0.15) is 0 Å². The monoisotopic (exact) mass is 559 g/mol. The van der Waals surface area contributed by atoms with Gasteiger partial charge in [-0.1, -0.05) is 48.5 Å².